The van der Waals surface area contributed by atoms with E-state index in [4.69, 9.17) is 0 Å². The molecule has 4 aromatic rings. The van der Waals surface area contributed by atoms with Crippen LogP contribution in [0.2, 0.25) is 0 Å². The quantitative estimate of drug-likeness (QED) is 0.568. The molecule has 5 nitrogen and oxygen atoms in total. The highest BCUT2D eigenvalue weighted by Gasteiger charge is 2.18. The summed E-state index contributed by atoms with van der Waals surface area (Å²) in [5.74, 6) is -0.390. The van der Waals surface area contributed by atoms with Crippen LogP contribution in [-0.4, -0.2) is 15.5 Å². The number of nitrogens with one attached hydrogen (secondary N) is 1. The van der Waals surface area contributed by atoms with Crippen LogP contribution in [0.4, 0.5) is 0 Å². The van der Waals surface area contributed by atoms with Gasteiger partial charge >= 0.3 is 0 Å². The molecule has 0 radical (unpaired) electrons. The number of amides is 1. The molecule has 4 rings (SSSR count). The molecule has 0 saturated heterocycles. The molecule has 1 N–H and O–H groups in total. The number of rotatable bonds is 5. The number of benzene rings is 2. The van der Waals surface area contributed by atoms with Crippen molar-refractivity contribution in [3.05, 3.63) is 112 Å². The molecule has 1 amide bonds. The lowest BCUT2D eigenvalue weighted by molar-refractivity contribution is 0.0938. The fourth-order valence-electron chi connectivity index (χ4n) is 3.38. The van der Waals surface area contributed by atoms with Crippen molar-refractivity contribution in [2.24, 2.45) is 0 Å². The SMILES string of the molecule is CC(NC(=O)c1cc2cccnc2n(Cc2ccccc2)c1=O)c1ccccc1. The molecule has 5 heteroatoms. The Bertz CT molecular complexity index is 1200. The van der Waals surface area contributed by atoms with Crippen LogP contribution in [0.5, 0.6) is 0 Å². The van der Waals surface area contributed by atoms with E-state index in [2.05, 4.69) is 10.3 Å². The lowest BCUT2D eigenvalue weighted by Gasteiger charge is -2.16. The van der Waals surface area contributed by atoms with Gasteiger partial charge < -0.3 is 5.32 Å². The molecule has 144 valence electrons. The van der Waals surface area contributed by atoms with Gasteiger partial charge in [-0.2, -0.15) is 0 Å². The maximum absolute atomic E-state index is 13.2. The number of fused-ring (bicyclic) bond motifs is 1. The Morgan fingerprint density at radius 3 is 2.41 bits per heavy atom. The molecule has 0 aliphatic heterocycles. The fourth-order valence-corrected chi connectivity index (χ4v) is 3.38. The van der Waals surface area contributed by atoms with Gasteiger partial charge in [0.05, 0.1) is 12.6 Å². The Morgan fingerprint density at radius 1 is 1.00 bits per heavy atom. The van der Waals surface area contributed by atoms with Crippen molar-refractivity contribution in [2.45, 2.75) is 19.5 Å². The normalized spacial score (nSPS) is 11.9. The van der Waals surface area contributed by atoms with E-state index in [0.29, 0.717) is 12.2 Å². The Hall–Kier alpha value is -3.73. The lowest BCUT2D eigenvalue weighted by atomic mass is 10.1. The van der Waals surface area contributed by atoms with Crippen molar-refractivity contribution in [3.8, 4) is 0 Å². The van der Waals surface area contributed by atoms with E-state index in [0.717, 1.165) is 16.5 Å². The smallest absolute Gasteiger partial charge is 0.265 e. The molecule has 29 heavy (non-hydrogen) atoms. The third-order valence-corrected chi connectivity index (χ3v) is 4.92. The first-order valence-electron chi connectivity index (χ1n) is 9.52. The van der Waals surface area contributed by atoms with Gasteiger partial charge in [-0.1, -0.05) is 60.7 Å². The summed E-state index contributed by atoms with van der Waals surface area (Å²) in [7, 11) is 0. The largest absolute Gasteiger partial charge is 0.345 e. The molecular formula is C24H21N3O2. The number of nitrogens with zero attached hydrogens (tertiary/aromatic N) is 2. The van der Waals surface area contributed by atoms with Gasteiger partial charge in [0.1, 0.15) is 11.2 Å². The molecule has 0 spiro atoms. The molecule has 0 aliphatic rings. The second-order valence-corrected chi connectivity index (χ2v) is 6.96. The summed E-state index contributed by atoms with van der Waals surface area (Å²) in [5, 5.41) is 3.69. The third kappa shape index (κ3) is 3.94. The Balaban J connectivity index is 1.74. The second kappa shape index (κ2) is 8.10. The van der Waals surface area contributed by atoms with Gasteiger partial charge in [0.25, 0.3) is 11.5 Å². The molecule has 0 bridgehead atoms. The Labute approximate surface area is 168 Å². The van der Waals surface area contributed by atoms with E-state index in [-0.39, 0.29) is 23.1 Å². The van der Waals surface area contributed by atoms with E-state index in [9.17, 15) is 9.59 Å². The predicted octanol–water partition coefficient (Wildman–Crippen LogP) is 3.94. The van der Waals surface area contributed by atoms with Crippen molar-refractivity contribution in [1.82, 2.24) is 14.9 Å². The van der Waals surface area contributed by atoms with Crippen molar-refractivity contribution in [3.63, 3.8) is 0 Å². The molecular weight excluding hydrogens is 362 g/mol. The number of hydrogen-bond acceptors (Lipinski definition) is 3. The van der Waals surface area contributed by atoms with Gasteiger partial charge in [0.2, 0.25) is 0 Å². The summed E-state index contributed by atoms with van der Waals surface area (Å²) in [4.78, 5) is 30.5. The lowest BCUT2D eigenvalue weighted by Crippen LogP contribution is -2.35. The van der Waals surface area contributed by atoms with Crippen LogP contribution in [0.15, 0.2) is 89.9 Å². The summed E-state index contributed by atoms with van der Waals surface area (Å²) in [6, 6.07) is 24.4. The van der Waals surface area contributed by atoms with E-state index in [1.807, 2.05) is 73.7 Å². The molecule has 0 saturated carbocycles. The van der Waals surface area contributed by atoms with Crippen molar-refractivity contribution < 1.29 is 4.79 Å². The summed E-state index contributed by atoms with van der Waals surface area (Å²) >= 11 is 0. The van der Waals surface area contributed by atoms with Crippen LogP contribution in [0.25, 0.3) is 11.0 Å². The van der Waals surface area contributed by atoms with Gasteiger partial charge in [-0.25, -0.2) is 4.98 Å². The third-order valence-electron chi connectivity index (χ3n) is 4.92. The molecule has 2 heterocycles. The Kier molecular flexibility index (Phi) is 5.20. The number of pyridine rings is 2. The minimum Gasteiger partial charge on any atom is -0.345 e. The van der Waals surface area contributed by atoms with Crippen LogP contribution in [0.3, 0.4) is 0 Å². The molecule has 1 atom stereocenters. The predicted molar refractivity (Wildman–Crippen MR) is 114 cm³/mol. The summed E-state index contributed by atoms with van der Waals surface area (Å²) < 4.78 is 1.56. The van der Waals surface area contributed by atoms with Crippen molar-refractivity contribution >= 4 is 16.9 Å². The number of hydrogen-bond donors (Lipinski definition) is 1. The van der Waals surface area contributed by atoms with Crippen LogP contribution in [0, 0.1) is 0 Å². The first-order chi connectivity index (χ1) is 14.1. The number of carbonyl (C=O) groups excluding carboxylic acids is 1. The van der Waals surface area contributed by atoms with E-state index in [1.165, 1.54) is 0 Å². The first-order valence-corrected chi connectivity index (χ1v) is 9.52. The maximum Gasteiger partial charge on any atom is 0.265 e. The zero-order valence-electron chi connectivity index (χ0n) is 16.1. The molecule has 0 aliphatic carbocycles. The van der Waals surface area contributed by atoms with Gasteiger partial charge in [-0.3, -0.25) is 14.2 Å². The van der Waals surface area contributed by atoms with Crippen LogP contribution in [0.1, 0.15) is 34.5 Å². The van der Waals surface area contributed by atoms with Gasteiger partial charge in [0.15, 0.2) is 0 Å². The molecule has 0 fully saturated rings. The highest BCUT2D eigenvalue weighted by Crippen LogP contribution is 2.15. The zero-order valence-corrected chi connectivity index (χ0v) is 16.1. The van der Waals surface area contributed by atoms with Crippen molar-refractivity contribution in [1.29, 1.82) is 0 Å². The highest BCUT2D eigenvalue weighted by atomic mass is 16.2. The summed E-state index contributed by atoms with van der Waals surface area (Å²) in [5.41, 5.74) is 2.28. The monoisotopic (exact) mass is 383 g/mol. The Morgan fingerprint density at radius 2 is 1.69 bits per heavy atom. The maximum atomic E-state index is 13.2. The standard InChI is InChI=1S/C24H21N3O2/c1-17(19-11-6-3-7-12-19)26-23(28)21-15-20-13-8-14-25-22(20)27(24(21)29)16-18-9-4-2-5-10-18/h2-15,17H,16H2,1H3,(H,26,28). The molecule has 2 aromatic carbocycles. The average molecular weight is 383 g/mol. The van der Waals surface area contributed by atoms with Gasteiger partial charge in [-0.05, 0) is 36.2 Å². The van der Waals surface area contributed by atoms with Gasteiger partial charge in [-0.15, -0.1) is 0 Å². The topological polar surface area (TPSA) is 64.0 Å². The average Bonchev–Trinajstić information content (AvgIpc) is 2.76. The van der Waals surface area contributed by atoms with E-state index >= 15 is 0 Å². The van der Waals surface area contributed by atoms with Crippen LogP contribution >= 0.6 is 0 Å². The fraction of sp³-hybridized carbons (Fsp3) is 0.125. The van der Waals surface area contributed by atoms with E-state index < -0.39 is 0 Å². The second-order valence-electron chi connectivity index (χ2n) is 6.96. The first kappa shape index (κ1) is 18.6. The van der Waals surface area contributed by atoms with Crippen molar-refractivity contribution in [2.75, 3.05) is 0 Å². The number of carbonyl (C=O) groups is 1. The molecule has 1 unspecified atom stereocenters. The minimum atomic E-state index is -0.390. The van der Waals surface area contributed by atoms with Crippen LogP contribution < -0.4 is 10.9 Å². The zero-order chi connectivity index (χ0) is 20.2. The summed E-state index contributed by atoms with van der Waals surface area (Å²) in [6.45, 7) is 2.25. The minimum absolute atomic E-state index is 0.115. The van der Waals surface area contributed by atoms with Crippen LogP contribution in [-0.2, 0) is 6.54 Å². The summed E-state index contributed by atoms with van der Waals surface area (Å²) in [6.07, 6.45) is 1.65. The molecule has 2 aromatic heterocycles. The highest BCUT2D eigenvalue weighted by molar-refractivity contribution is 5.97. The van der Waals surface area contributed by atoms with Gasteiger partial charge in [0, 0.05) is 11.6 Å². The van der Waals surface area contributed by atoms with E-state index in [1.54, 1.807) is 22.9 Å². The number of aromatic nitrogens is 2.